The summed E-state index contributed by atoms with van der Waals surface area (Å²) < 4.78 is 0. The summed E-state index contributed by atoms with van der Waals surface area (Å²) in [7, 11) is 0. The predicted molar refractivity (Wildman–Crippen MR) is 81.9 cm³/mol. The van der Waals surface area contributed by atoms with E-state index in [0.717, 1.165) is 11.3 Å². The third-order valence-corrected chi connectivity index (χ3v) is 3.69. The number of aryl methyl sites for hydroxylation is 3. The fraction of sp³-hybridized carbons (Fsp3) is 0.312. The summed E-state index contributed by atoms with van der Waals surface area (Å²) in [5, 5.41) is 4.03. The highest BCUT2D eigenvalue weighted by Gasteiger charge is 2.09. The standard InChI is InChI=1S/C16H19ClN2/c1-10-5-6-11(2)15(7-10)13(4)19-14-8-12(3)16(17)18-9-14/h5-9,13,19H,1-4H3. The molecular formula is C16H19ClN2. The minimum Gasteiger partial charge on any atom is -0.377 e. The van der Waals surface area contributed by atoms with E-state index in [2.05, 4.69) is 49.3 Å². The Balaban J connectivity index is 2.22. The van der Waals surface area contributed by atoms with Crippen LogP contribution in [0.25, 0.3) is 0 Å². The summed E-state index contributed by atoms with van der Waals surface area (Å²) in [6, 6.07) is 8.79. The molecular weight excluding hydrogens is 256 g/mol. The lowest BCUT2D eigenvalue weighted by molar-refractivity contribution is 0.870. The number of hydrogen-bond acceptors (Lipinski definition) is 2. The van der Waals surface area contributed by atoms with Crippen LogP contribution in [0.4, 0.5) is 5.69 Å². The maximum atomic E-state index is 5.94. The highest BCUT2D eigenvalue weighted by molar-refractivity contribution is 6.30. The third-order valence-electron chi connectivity index (χ3n) is 3.30. The average Bonchev–Trinajstić information content (AvgIpc) is 2.36. The van der Waals surface area contributed by atoms with Gasteiger partial charge in [0.2, 0.25) is 0 Å². The molecule has 1 aromatic carbocycles. The largest absolute Gasteiger partial charge is 0.377 e. The maximum Gasteiger partial charge on any atom is 0.132 e. The van der Waals surface area contributed by atoms with Gasteiger partial charge >= 0.3 is 0 Å². The van der Waals surface area contributed by atoms with Gasteiger partial charge in [-0.25, -0.2) is 4.98 Å². The molecule has 1 unspecified atom stereocenters. The van der Waals surface area contributed by atoms with Crippen molar-refractivity contribution in [2.24, 2.45) is 0 Å². The average molecular weight is 275 g/mol. The Morgan fingerprint density at radius 1 is 1.11 bits per heavy atom. The molecule has 1 heterocycles. The Hall–Kier alpha value is -1.54. The number of rotatable bonds is 3. The molecule has 0 fully saturated rings. The molecule has 0 aliphatic heterocycles. The van der Waals surface area contributed by atoms with E-state index in [4.69, 9.17) is 11.6 Å². The van der Waals surface area contributed by atoms with Crippen molar-refractivity contribution in [1.29, 1.82) is 0 Å². The summed E-state index contributed by atoms with van der Waals surface area (Å²) >= 11 is 5.94. The zero-order valence-corrected chi connectivity index (χ0v) is 12.5. The Bertz CT molecular complexity index is 593. The lowest BCUT2D eigenvalue weighted by Gasteiger charge is -2.18. The summed E-state index contributed by atoms with van der Waals surface area (Å²) in [5.74, 6) is 0. The van der Waals surface area contributed by atoms with Crippen molar-refractivity contribution in [2.45, 2.75) is 33.7 Å². The molecule has 0 aliphatic carbocycles. The number of hydrogen-bond donors (Lipinski definition) is 1. The van der Waals surface area contributed by atoms with Crippen LogP contribution in [-0.4, -0.2) is 4.98 Å². The monoisotopic (exact) mass is 274 g/mol. The molecule has 100 valence electrons. The second-order valence-corrected chi connectivity index (χ2v) is 5.42. The Morgan fingerprint density at radius 3 is 2.53 bits per heavy atom. The number of nitrogens with zero attached hydrogens (tertiary/aromatic N) is 1. The number of halogens is 1. The van der Waals surface area contributed by atoms with Crippen LogP contribution in [0.15, 0.2) is 30.5 Å². The summed E-state index contributed by atoms with van der Waals surface area (Å²) in [6.45, 7) is 8.37. The third kappa shape index (κ3) is 3.27. The molecule has 3 heteroatoms. The van der Waals surface area contributed by atoms with E-state index < -0.39 is 0 Å². The lowest BCUT2D eigenvalue weighted by Crippen LogP contribution is -2.09. The minimum atomic E-state index is 0.238. The number of benzene rings is 1. The first-order chi connectivity index (χ1) is 8.97. The van der Waals surface area contributed by atoms with Crippen molar-refractivity contribution in [3.63, 3.8) is 0 Å². The molecule has 1 aromatic heterocycles. The quantitative estimate of drug-likeness (QED) is 0.811. The summed E-state index contributed by atoms with van der Waals surface area (Å²) in [6.07, 6.45) is 1.77. The zero-order valence-electron chi connectivity index (χ0n) is 11.8. The van der Waals surface area contributed by atoms with Crippen molar-refractivity contribution in [3.05, 3.63) is 57.9 Å². The Kier molecular flexibility index (Phi) is 4.11. The van der Waals surface area contributed by atoms with Gasteiger partial charge in [-0.15, -0.1) is 0 Å². The molecule has 0 bridgehead atoms. The van der Waals surface area contributed by atoms with Crippen LogP contribution >= 0.6 is 11.6 Å². The van der Waals surface area contributed by atoms with E-state index in [1.54, 1.807) is 6.20 Å². The van der Waals surface area contributed by atoms with Crippen molar-refractivity contribution in [2.75, 3.05) is 5.32 Å². The number of aromatic nitrogens is 1. The number of pyridine rings is 1. The van der Waals surface area contributed by atoms with Crippen molar-refractivity contribution < 1.29 is 0 Å². The molecule has 2 rings (SSSR count). The highest BCUT2D eigenvalue weighted by Crippen LogP contribution is 2.24. The first kappa shape index (κ1) is 13.9. The SMILES string of the molecule is Cc1ccc(C)c(C(C)Nc2cnc(Cl)c(C)c2)c1. The lowest BCUT2D eigenvalue weighted by atomic mass is 10.00. The molecule has 2 aromatic rings. The van der Waals surface area contributed by atoms with Gasteiger partial charge in [-0.2, -0.15) is 0 Å². The van der Waals surface area contributed by atoms with Crippen LogP contribution in [0.2, 0.25) is 5.15 Å². The fourth-order valence-corrected chi connectivity index (χ4v) is 2.29. The molecule has 1 N–H and O–H groups in total. The Morgan fingerprint density at radius 2 is 1.84 bits per heavy atom. The molecule has 0 spiro atoms. The van der Waals surface area contributed by atoms with Crippen LogP contribution in [0.3, 0.4) is 0 Å². The minimum absolute atomic E-state index is 0.238. The maximum absolute atomic E-state index is 5.94. The normalized spacial score (nSPS) is 12.3. The first-order valence-corrected chi connectivity index (χ1v) is 6.81. The van der Waals surface area contributed by atoms with Gasteiger partial charge in [-0.1, -0.05) is 35.4 Å². The van der Waals surface area contributed by atoms with E-state index in [0.29, 0.717) is 5.15 Å². The topological polar surface area (TPSA) is 24.9 Å². The van der Waals surface area contributed by atoms with E-state index in [1.165, 1.54) is 16.7 Å². The van der Waals surface area contributed by atoms with Gasteiger partial charge in [0.05, 0.1) is 11.9 Å². The first-order valence-electron chi connectivity index (χ1n) is 6.43. The second-order valence-electron chi connectivity index (χ2n) is 5.06. The van der Waals surface area contributed by atoms with E-state index in [1.807, 2.05) is 13.0 Å². The van der Waals surface area contributed by atoms with Crippen LogP contribution in [0.5, 0.6) is 0 Å². The second kappa shape index (κ2) is 5.62. The molecule has 0 aliphatic rings. The number of anilines is 1. The molecule has 1 atom stereocenters. The van der Waals surface area contributed by atoms with Crippen LogP contribution in [0, 0.1) is 20.8 Å². The van der Waals surface area contributed by atoms with E-state index in [-0.39, 0.29) is 6.04 Å². The van der Waals surface area contributed by atoms with Crippen LogP contribution in [-0.2, 0) is 0 Å². The van der Waals surface area contributed by atoms with Crippen molar-refractivity contribution in [1.82, 2.24) is 4.98 Å². The van der Waals surface area contributed by atoms with Crippen LogP contribution < -0.4 is 5.32 Å². The van der Waals surface area contributed by atoms with Gasteiger partial charge in [0.1, 0.15) is 5.15 Å². The fourth-order valence-electron chi connectivity index (χ4n) is 2.19. The number of nitrogens with one attached hydrogen (secondary N) is 1. The van der Waals surface area contributed by atoms with Crippen LogP contribution in [0.1, 0.15) is 35.2 Å². The predicted octanol–water partition coefficient (Wildman–Crippen LogP) is 4.83. The van der Waals surface area contributed by atoms with E-state index in [9.17, 15) is 0 Å². The summed E-state index contributed by atoms with van der Waals surface area (Å²) in [4.78, 5) is 4.17. The molecule has 2 nitrogen and oxygen atoms in total. The van der Waals surface area contributed by atoms with Gasteiger partial charge < -0.3 is 5.32 Å². The smallest absolute Gasteiger partial charge is 0.132 e. The van der Waals surface area contributed by atoms with Gasteiger partial charge in [-0.05, 0) is 50.5 Å². The van der Waals surface area contributed by atoms with E-state index >= 15 is 0 Å². The van der Waals surface area contributed by atoms with Gasteiger partial charge in [0.25, 0.3) is 0 Å². The Labute approximate surface area is 119 Å². The molecule has 0 saturated heterocycles. The van der Waals surface area contributed by atoms with Crippen molar-refractivity contribution >= 4 is 17.3 Å². The molecule has 0 amide bonds. The molecule has 0 saturated carbocycles. The highest BCUT2D eigenvalue weighted by atomic mass is 35.5. The van der Waals surface area contributed by atoms with Gasteiger partial charge in [0.15, 0.2) is 0 Å². The molecule has 19 heavy (non-hydrogen) atoms. The van der Waals surface area contributed by atoms with Crippen molar-refractivity contribution in [3.8, 4) is 0 Å². The zero-order chi connectivity index (χ0) is 14.0. The van der Waals surface area contributed by atoms with Gasteiger partial charge in [-0.3, -0.25) is 0 Å². The molecule has 0 radical (unpaired) electrons. The summed E-state index contributed by atoms with van der Waals surface area (Å²) in [5.41, 5.74) is 5.87. The van der Waals surface area contributed by atoms with Gasteiger partial charge in [0, 0.05) is 6.04 Å².